The molecule has 8 heteroatoms. The van der Waals surface area contributed by atoms with E-state index >= 15 is 0 Å². The van der Waals surface area contributed by atoms with Crippen molar-refractivity contribution in [1.29, 1.82) is 0 Å². The lowest BCUT2D eigenvalue weighted by atomic mass is 10.1. The zero-order valence-electron chi connectivity index (χ0n) is 17.0. The highest BCUT2D eigenvalue weighted by Crippen LogP contribution is 2.24. The number of aromatic nitrogens is 3. The molecule has 1 aromatic heterocycles. The van der Waals surface area contributed by atoms with Crippen LogP contribution in [-0.4, -0.2) is 46.6 Å². The number of piperidine rings is 1. The van der Waals surface area contributed by atoms with Crippen molar-refractivity contribution in [2.24, 2.45) is 0 Å². The second-order valence-corrected chi connectivity index (χ2v) is 8.06. The molecule has 1 N–H and O–H groups in total. The van der Waals surface area contributed by atoms with Crippen molar-refractivity contribution in [3.8, 4) is 11.4 Å². The minimum Gasteiger partial charge on any atom is -0.497 e. The molecule has 1 fully saturated rings. The molecular weight excluding hydrogens is 398 g/mol. The Morgan fingerprint density at radius 3 is 2.67 bits per heavy atom. The largest absolute Gasteiger partial charge is 0.497 e. The van der Waals surface area contributed by atoms with Gasteiger partial charge in [0.25, 0.3) is 0 Å². The first-order valence-electron chi connectivity index (χ1n) is 10.0. The van der Waals surface area contributed by atoms with E-state index < -0.39 is 0 Å². The normalized spacial score (nSPS) is 13.8. The number of anilines is 2. The number of nitrogens with one attached hydrogen (secondary N) is 1. The van der Waals surface area contributed by atoms with E-state index in [0.717, 1.165) is 30.2 Å². The van der Waals surface area contributed by atoms with Crippen molar-refractivity contribution < 1.29 is 9.53 Å². The first-order chi connectivity index (χ1) is 14.7. The molecule has 156 valence electrons. The topological polar surface area (TPSA) is 72.3 Å². The molecule has 0 radical (unpaired) electrons. The number of thioether (sulfide) groups is 1. The van der Waals surface area contributed by atoms with Gasteiger partial charge in [0.2, 0.25) is 5.91 Å². The van der Waals surface area contributed by atoms with Crippen LogP contribution in [0.2, 0.25) is 0 Å². The fraction of sp³-hybridized carbons (Fsp3) is 0.318. The van der Waals surface area contributed by atoms with Gasteiger partial charge in [0.1, 0.15) is 12.1 Å². The van der Waals surface area contributed by atoms with Crippen molar-refractivity contribution >= 4 is 29.0 Å². The van der Waals surface area contributed by atoms with Crippen LogP contribution < -0.4 is 15.0 Å². The van der Waals surface area contributed by atoms with Gasteiger partial charge in [-0.1, -0.05) is 17.8 Å². The summed E-state index contributed by atoms with van der Waals surface area (Å²) in [6.45, 7) is 2.21. The number of benzene rings is 2. The van der Waals surface area contributed by atoms with Gasteiger partial charge in [-0.3, -0.25) is 9.36 Å². The predicted octanol–water partition coefficient (Wildman–Crippen LogP) is 4.00. The van der Waals surface area contributed by atoms with Crippen molar-refractivity contribution in [3.05, 3.63) is 54.9 Å². The molecule has 7 nitrogen and oxygen atoms in total. The number of methoxy groups -OCH3 is 1. The number of amides is 1. The number of rotatable bonds is 7. The third-order valence-corrected chi connectivity index (χ3v) is 6.00. The first-order valence-corrected chi connectivity index (χ1v) is 11.0. The fourth-order valence-electron chi connectivity index (χ4n) is 3.50. The number of nitrogens with zero attached hydrogens (tertiary/aromatic N) is 4. The number of carbonyl (C=O) groups is 1. The zero-order chi connectivity index (χ0) is 20.8. The Labute approximate surface area is 180 Å². The highest BCUT2D eigenvalue weighted by molar-refractivity contribution is 7.99. The maximum atomic E-state index is 12.4. The predicted molar refractivity (Wildman–Crippen MR) is 120 cm³/mol. The summed E-state index contributed by atoms with van der Waals surface area (Å²) in [5, 5.41) is 11.7. The van der Waals surface area contributed by atoms with E-state index in [1.807, 2.05) is 41.0 Å². The van der Waals surface area contributed by atoms with Gasteiger partial charge in [0, 0.05) is 30.5 Å². The highest BCUT2D eigenvalue weighted by atomic mass is 32.2. The van der Waals surface area contributed by atoms with E-state index in [2.05, 4.69) is 32.5 Å². The van der Waals surface area contributed by atoms with Gasteiger partial charge in [0.05, 0.1) is 18.6 Å². The van der Waals surface area contributed by atoms with Crippen LogP contribution >= 0.6 is 11.8 Å². The number of ether oxygens (including phenoxy) is 1. The number of hydrogen-bond donors (Lipinski definition) is 1. The summed E-state index contributed by atoms with van der Waals surface area (Å²) < 4.78 is 7.12. The Balaban J connectivity index is 1.34. The van der Waals surface area contributed by atoms with Crippen LogP contribution in [0, 0.1) is 0 Å². The van der Waals surface area contributed by atoms with Crippen LogP contribution in [0.5, 0.6) is 5.75 Å². The molecule has 0 bridgehead atoms. The summed E-state index contributed by atoms with van der Waals surface area (Å²) in [7, 11) is 1.63. The highest BCUT2D eigenvalue weighted by Gasteiger charge is 2.13. The van der Waals surface area contributed by atoms with Crippen molar-refractivity contribution in [3.63, 3.8) is 0 Å². The maximum absolute atomic E-state index is 12.4. The van der Waals surface area contributed by atoms with Gasteiger partial charge in [0.15, 0.2) is 5.16 Å². The molecule has 1 amide bonds. The molecule has 1 aliphatic heterocycles. The van der Waals surface area contributed by atoms with E-state index in [4.69, 9.17) is 4.74 Å². The molecule has 2 aromatic carbocycles. The fourth-order valence-corrected chi connectivity index (χ4v) is 4.22. The van der Waals surface area contributed by atoms with Crippen molar-refractivity contribution in [2.45, 2.75) is 24.4 Å². The van der Waals surface area contributed by atoms with Gasteiger partial charge < -0.3 is 15.0 Å². The Bertz CT molecular complexity index is 983. The SMILES string of the molecule is COc1cccc(-n2cnnc2SCC(=O)Nc2ccc(N3CCCCC3)cc2)c1. The molecule has 0 aliphatic carbocycles. The first kappa shape index (κ1) is 20.3. The van der Waals surface area contributed by atoms with Crippen molar-refractivity contribution in [2.75, 3.05) is 36.2 Å². The van der Waals surface area contributed by atoms with Crippen molar-refractivity contribution in [1.82, 2.24) is 14.8 Å². The summed E-state index contributed by atoms with van der Waals surface area (Å²) in [5.74, 6) is 0.921. The molecule has 0 spiro atoms. The van der Waals surface area contributed by atoms with Gasteiger partial charge in [-0.2, -0.15) is 0 Å². The quantitative estimate of drug-likeness (QED) is 0.579. The number of carbonyl (C=O) groups excluding carboxylic acids is 1. The van der Waals surface area contributed by atoms with Gasteiger partial charge in [-0.15, -0.1) is 10.2 Å². The summed E-state index contributed by atoms with van der Waals surface area (Å²) >= 11 is 1.34. The summed E-state index contributed by atoms with van der Waals surface area (Å²) in [4.78, 5) is 14.8. The lowest BCUT2D eigenvalue weighted by molar-refractivity contribution is -0.113. The molecule has 30 heavy (non-hydrogen) atoms. The number of hydrogen-bond acceptors (Lipinski definition) is 6. The summed E-state index contributed by atoms with van der Waals surface area (Å²) in [6.07, 6.45) is 5.44. The van der Waals surface area contributed by atoms with Crippen LogP contribution in [0.15, 0.2) is 60.0 Å². The van der Waals surface area contributed by atoms with E-state index in [1.165, 1.54) is 36.7 Å². The van der Waals surface area contributed by atoms with E-state index in [9.17, 15) is 4.79 Å². The minimum atomic E-state index is -0.0779. The molecule has 0 saturated carbocycles. The van der Waals surface area contributed by atoms with Gasteiger partial charge in [-0.25, -0.2) is 0 Å². The lowest BCUT2D eigenvalue weighted by Gasteiger charge is -2.28. The standard InChI is InChI=1S/C22H25N5O2S/c1-29-20-7-5-6-19(14-20)27-16-23-25-22(27)30-15-21(28)24-17-8-10-18(11-9-17)26-12-3-2-4-13-26/h5-11,14,16H,2-4,12-13,15H2,1H3,(H,24,28). The van der Waals surface area contributed by atoms with Gasteiger partial charge in [-0.05, 0) is 55.7 Å². The lowest BCUT2D eigenvalue weighted by Crippen LogP contribution is -2.29. The Kier molecular flexibility index (Phi) is 6.53. The molecule has 0 unspecified atom stereocenters. The van der Waals surface area contributed by atoms with Crippen LogP contribution in [0.3, 0.4) is 0 Å². The average Bonchev–Trinajstić information content (AvgIpc) is 3.28. The van der Waals surface area contributed by atoms with Crippen LogP contribution in [-0.2, 0) is 4.79 Å². The van der Waals surface area contributed by atoms with E-state index in [-0.39, 0.29) is 11.7 Å². The third-order valence-electron chi connectivity index (χ3n) is 5.05. The monoisotopic (exact) mass is 423 g/mol. The minimum absolute atomic E-state index is 0.0779. The molecule has 1 aliphatic rings. The van der Waals surface area contributed by atoms with E-state index in [1.54, 1.807) is 13.4 Å². The van der Waals surface area contributed by atoms with E-state index in [0.29, 0.717) is 5.16 Å². The van der Waals surface area contributed by atoms with Crippen LogP contribution in [0.4, 0.5) is 11.4 Å². The smallest absolute Gasteiger partial charge is 0.234 e. The maximum Gasteiger partial charge on any atom is 0.234 e. The molecule has 1 saturated heterocycles. The third kappa shape index (κ3) is 4.94. The summed E-state index contributed by atoms with van der Waals surface area (Å²) in [5.41, 5.74) is 2.90. The molecule has 2 heterocycles. The zero-order valence-corrected chi connectivity index (χ0v) is 17.8. The van der Waals surface area contributed by atoms with Crippen LogP contribution in [0.25, 0.3) is 5.69 Å². The second-order valence-electron chi connectivity index (χ2n) is 7.12. The Morgan fingerprint density at radius 2 is 1.90 bits per heavy atom. The van der Waals surface area contributed by atoms with Gasteiger partial charge >= 0.3 is 0 Å². The average molecular weight is 424 g/mol. The Morgan fingerprint density at radius 1 is 1.10 bits per heavy atom. The molecule has 0 atom stereocenters. The molecular formula is C22H25N5O2S. The van der Waals surface area contributed by atoms with Crippen LogP contribution in [0.1, 0.15) is 19.3 Å². The molecule has 4 rings (SSSR count). The molecule has 3 aromatic rings. The Hall–Kier alpha value is -3.00. The summed E-state index contributed by atoms with van der Waals surface area (Å²) in [6, 6.07) is 15.7. The second kappa shape index (κ2) is 9.67.